The molecule has 0 aromatic carbocycles. The van der Waals surface area contributed by atoms with Crippen LogP contribution in [0, 0.1) is 0 Å². The second-order valence-electron chi connectivity index (χ2n) is 4.36. The molecule has 0 atom stereocenters. The molecule has 0 rings (SSSR count). The van der Waals surface area contributed by atoms with E-state index in [9.17, 15) is 13.6 Å². The van der Waals surface area contributed by atoms with Gasteiger partial charge in [-0.05, 0) is 19.8 Å². The van der Waals surface area contributed by atoms with Gasteiger partial charge in [0.25, 0.3) is 6.08 Å². The molecule has 0 fully saturated rings. The predicted molar refractivity (Wildman–Crippen MR) is 68.5 cm³/mol. The number of hydrogen-bond acceptors (Lipinski definition) is 2. The summed E-state index contributed by atoms with van der Waals surface area (Å²) in [6.07, 6.45) is 4.57. The third kappa shape index (κ3) is 9.14. The first-order valence-corrected chi connectivity index (χ1v) is 6.80. The van der Waals surface area contributed by atoms with Crippen molar-refractivity contribution in [2.45, 2.75) is 65.2 Å². The van der Waals surface area contributed by atoms with Crippen molar-refractivity contribution in [3.8, 4) is 0 Å². The van der Waals surface area contributed by atoms with Crippen LogP contribution in [0.5, 0.6) is 0 Å². The van der Waals surface area contributed by atoms with Gasteiger partial charge in [-0.2, -0.15) is 8.78 Å². The number of rotatable bonds is 10. The second-order valence-corrected chi connectivity index (χ2v) is 4.36. The molecule has 0 N–H and O–H groups in total. The minimum atomic E-state index is -1.73. The Kier molecular flexibility index (Phi) is 10.6. The Labute approximate surface area is 108 Å². The molecule has 0 aromatic rings. The van der Waals surface area contributed by atoms with Crippen LogP contribution in [-0.2, 0) is 9.53 Å². The van der Waals surface area contributed by atoms with Crippen LogP contribution in [0.1, 0.15) is 65.2 Å². The molecule has 0 radical (unpaired) electrons. The van der Waals surface area contributed by atoms with Crippen molar-refractivity contribution >= 4 is 5.97 Å². The molecular formula is C14H24F2O2. The van der Waals surface area contributed by atoms with Crippen LogP contribution in [-0.4, -0.2) is 12.6 Å². The van der Waals surface area contributed by atoms with Crippen molar-refractivity contribution in [3.63, 3.8) is 0 Å². The number of ether oxygens (including phenoxy) is 1. The maximum absolute atomic E-state index is 12.6. The van der Waals surface area contributed by atoms with E-state index in [2.05, 4.69) is 11.7 Å². The Bertz CT molecular complexity index is 259. The van der Waals surface area contributed by atoms with Gasteiger partial charge in [-0.3, -0.25) is 4.79 Å². The van der Waals surface area contributed by atoms with Crippen LogP contribution < -0.4 is 0 Å². The maximum Gasteiger partial charge on any atom is 0.310 e. The van der Waals surface area contributed by atoms with Crippen LogP contribution in [0.15, 0.2) is 11.7 Å². The molecular weight excluding hydrogens is 238 g/mol. The van der Waals surface area contributed by atoms with Crippen LogP contribution in [0.3, 0.4) is 0 Å². The van der Waals surface area contributed by atoms with E-state index in [0.717, 1.165) is 25.7 Å². The normalized spacial score (nSPS) is 10.2. The number of hydrogen-bond donors (Lipinski definition) is 0. The molecule has 0 heterocycles. The topological polar surface area (TPSA) is 26.3 Å². The highest BCUT2D eigenvalue weighted by atomic mass is 19.3. The highest BCUT2D eigenvalue weighted by Crippen LogP contribution is 2.20. The van der Waals surface area contributed by atoms with Gasteiger partial charge in [0, 0.05) is 5.57 Å². The van der Waals surface area contributed by atoms with Gasteiger partial charge in [0.15, 0.2) is 0 Å². The van der Waals surface area contributed by atoms with Gasteiger partial charge in [0.05, 0.1) is 13.0 Å². The fourth-order valence-corrected chi connectivity index (χ4v) is 1.75. The van der Waals surface area contributed by atoms with Crippen molar-refractivity contribution < 1.29 is 18.3 Å². The van der Waals surface area contributed by atoms with E-state index in [1.165, 1.54) is 12.8 Å². The summed E-state index contributed by atoms with van der Waals surface area (Å²) < 4.78 is 29.9. The first kappa shape index (κ1) is 17.1. The first-order valence-electron chi connectivity index (χ1n) is 6.80. The van der Waals surface area contributed by atoms with Gasteiger partial charge >= 0.3 is 5.97 Å². The molecule has 0 spiro atoms. The van der Waals surface area contributed by atoms with Crippen LogP contribution >= 0.6 is 0 Å². The smallest absolute Gasteiger partial charge is 0.310 e. The lowest BCUT2D eigenvalue weighted by molar-refractivity contribution is -0.142. The monoisotopic (exact) mass is 262 g/mol. The molecule has 0 aromatic heterocycles. The molecule has 0 unspecified atom stereocenters. The summed E-state index contributed by atoms with van der Waals surface area (Å²) in [4.78, 5) is 11.1. The quantitative estimate of drug-likeness (QED) is 0.416. The fourth-order valence-electron chi connectivity index (χ4n) is 1.75. The molecule has 0 bridgehead atoms. The molecule has 0 aliphatic carbocycles. The van der Waals surface area contributed by atoms with Crippen molar-refractivity contribution in [1.29, 1.82) is 0 Å². The SMILES string of the molecule is CCCCCCCCC(CC(=O)OCC)=C(F)F. The van der Waals surface area contributed by atoms with Crippen molar-refractivity contribution in [2.75, 3.05) is 6.61 Å². The summed E-state index contributed by atoms with van der Waals surface area (Å²) in [6.45, 7) is 4.04. The average molecular weight is 262 g/mol. The van der Waals surface area contributed by atoms with E-state index in [4.69, 9.17) is 0 Å². The summed E-state index contributed by atoms with van der Waals surface area (Å²) in [5, 5.41) is 0. The van der Waals surface area contributed by atoms with Gasteiger partial charge < -0.3 is 4.74 Å². The zero-order chi connectivity index (χ0) is 13.8. The average Bonchev–Trinajstić information content (AvgIpc) is 2.32. The molecule has 106 valence electrons. The molecule has 4 heteroatoms. The fraction of sp³-hybridized carbons (Fsp3) is 0.786. The van der Waals surface area contributed by atoms with Crippen LogP contribution in [0.4, 0.5) is 8.78 Å². The highest BCUT2D eigenvalue weighted by Gasteiger charge is 2.12. The Morgan fingerprint density at radius 2 is 1.61 bits per heavy atom. The molecule has 0 saturated carbocycles. The number of unbranched alkanes of at least 4 members (excludes halogenated alkanes) is 5. The molecule has 18 heavy (non-hydrogen) atoms. The van der Waals surface area contributed by atoms with E-state index in [0.29, 0.717) is 6.42 Å². The summed E-state index contributed by atoms with van der Waals surface area (Å²) in [7, 11) is 0. The van der Waals surface area contributed by atoms with Gasteiger partial charge in [0.1, 0.15) is 0 Å². The Morgan fingerprint density at radius 1 is 1.00 bits per heavy atom. The highest BCUT2D eigenvalue weighted by molar-refractivity contribution is 5.72. The zero-order valence-corrected chi connectivity index (χ0v) is 11.4. The first-order chi connectivity index (χ1) is 8.61. The summed E-state index contributed by atoms with van der Waals surface area (Å²) in [5.41, 5.74) is -0.0658. The third-order valence-electron chi connectivity index (χ3n) is 2.76. The standard InChI is InChI=1S/C14H24F2O2/c1-3-5-6-7-8-9-10-12(14(15)16)11-13(17)18-4-2/h3-11H2,1-2H3. The summed E-state index contributed by atoms with van der Waals surface area (Å²) >= 11 is 0. The molecule has 0 saturated heterocycles. The number of carbonyl (C=O) groups is 1. The van der Waals surface area contributed by atoms with Crippen molar-refractivity contribution in [3.05, 3.63) is 11.7 Å². The van der Waals surface area contributed by atoms with Crippen molar-refractivity contribution in [2.24, 2.45) is 0 Å². The summed E-state index contributed by atoms with van der Waals surface area (Å²) in [5.74, 6) is -0.564. The number of halogens is 2. The molecule has 0 amide bonds. The summed E-state index contributed by atoms with van der Waals surface area (Å²) in [6, 6.07) is 0. The molecule has 0 aliphatic rings. The van der Waals surface area contributed by atoms with Crippen molar-refractivity contribution in [1.82, 2.24) is 0 Å². The van der Waals surface area contributed by atoms with Crippen LogP contribution in [0.2, 0.25) is 0 Å². The Morgan fingerprint density at radius 3 is 2.17 bits per heavy atom. The zero-order valence-electron chi connectivity index (χ0n) is 11.4. The number of carbonyl (C=O) groups excluding carboxylic acids is 1. The lowest BCUT2D eigenvalue weighted by Gasteiger charge is -2.06. The van der Waals surface area contributed by atoms with Gasteiger partial charge in [-0.25, -0.2) is 0 Å². The maximum atomic E-state index is 12.6. The van der Waals surface area contributed by atoms with E-state index >= 15 is 0 Å². The van der Waals surface area contributed by atoms with Gasteiger partial charge in [-0.1, -0.05) is 39.0 Å². The largest absolute Gasteiger partial charge is 0.466 e. The molecule has 0 aliphatic heterocycles. The third-order valence-corrected chi connectivity index (χ3v) is 2.76. The van der Waals surface area contributed by atoms with E-state index in [-0.39, 0.29) is 18.6 Å². The molecule has 2 nitrogen and oxygen atoms in total. The van der Waals surface area contributed by atoms with E-state index in [1.807, 2.05) is 0 Å². The Hall–Kier alpha value is -0.930. The number of esters is 1. The van der Waals surface area contributed by atoms with Gasteiger partial charge in [0.2, 0.25) is 0 Å². The van der Waals surface area contributed by atoms with E-state index < -0.39 is 12.0 Å². The minimum absolute atomic E-state index is 0.0658. The predicted octanol–water partition coefficient (Wildman–Crippen LogP) is 4.84. The second kappa shape index (κ2) is 11.2. The minimum Gasteiger partial charge on any atom is -0.466 e. The lowest BCUT2D eigenvalue weighted by Crippen LogP contribution is -2.05. The lowest BCUT2D eigenvalue weighted by atomic mass is 10.0. The van der Waals surface area contributed by atoms with Crippen LogP contribution in [0.25, 0.3) is 0 Å². The Balaban J connectivity index is 3.86. The van der Waals surface area contributed by atoms with Gasteiger partial charge in [-0.15, -0.1) is 0 Å². The van der Waals surface area contributed by atoms with E-state index in [1.54, 1.807) is 6.92 Å².